The molecule has 0 unspecified atom stereocenters. The molecule has 8 heteroatoms. The third-order valence-electron chi connectivity index (χ3n) is 6.46. The second-order valence-corrected chi connectivity index (χ2v) is 10.4. The number of para-hydroxylation sites is 2. The number of esters is 1. The van der Waals surface area contributed by atoms with Crippen LogP contribution in [0.5, 0.6) is 5.75 Å². The molecule has 3 heterocycles. The van der Waals surface area contributed by atoms with Gasteiger partial charge in [0.15, 0.2) is 4.80 Å². The third kappa shape index (κ3) is 4.82. The Bertz CT molecular complexity index is 1830. The Hall–Kier alpha value is -4.35. The Labute approximate surface area is 230 Å². The van der Waals surface area contributed by atoms with E-state index in [1.54, 1.807) is 18.4 Å². The quantitative estimate of drug-likeness (QED) is 0.261. The molecule has 0 fully saturated rings. The summed E-state index contributed by atoms with van der Waals surface area (Å²) in [6.45, 7) is 8.03. The van der Waals surface area contributed by atoms with Gasteiger partial charge in [0.05, 0.1) is 35.1 Å². The van der Waals surface area contributed by atoms with Gasteiger partial charge in [0, 0.05) is 28.2 Å². The number of aromatic nitrogens is 2. The Balaban J connectivity index is 1.76. The molecule has 0 saturated heterocycles. The zero-order chi connectivity index (χ0) is 27.7. The highest BCUT2D eigenvalue weighted by atomic mass is 32.1. The van der Waals surface area contributed by atoms with Crippen LogP contribution in [-0.2, 0) is 16.1 Å². The molecule has 0 saturated carbocycles. The number of thiazole rings is 1. The zero-order valence-electron chi connectivity index (χ0n) is 22.3. The topological polar surface area (TPSA) is 74.8 Å². The molecule has 4 aromatic rings. The summed E-state index contributed by atoms with van der Waals surface area (Å²) >= 11 is 1.29. The third-order valence-corrected chi connectivity index (χ3v) is 7.44. The van der Waals surface area contributed by atoms with E-state index in [9.17, 15) is 9.59 Å². The van der Waals surface area contributed by atoms with Crippen LogP contribution in [0.2, 0.25) is 0 Å². The second-order valence-electron chi connectivity index (χ2n) is 9.44. The molecule has 2 aromatic heterocycles. The Morgan fingerprint density at radius 1 is 1.21 bits per heavy atom. The van der Waals surface area contributed by atoms with E-state index in [4.69, 9.17) is 15.9 Å². The number of terminal acetylenes is 1. The second kappa shape index (κ2) is 10.8. The van der Waals surface area contributed by atoms with Gasteiger partial charge in [0.2, 0.25) is 0 Å². The first-order valence-corrected chi connectivity index (χ1v) is 13.6. The van der Waals surface area contributed by atoms with E-state index < -0.39 is 12.0 Å². The molecule has 0 N–H and O–H groups in total. The number of ether oxygens (including phenoxy) is 2. The van der Waals surface area contributed by atoms with Crippen molar-refractivity contribution in [3.63, 3.8) is 0 Å². The van der Waals surface area contributed by atoms with Crippen LogP contribution in [-0.4, -0.2) is 27.8 Å². The summed E-state index contributed by atoms with van der Waals surface area (Å²) in [7, 11) is 0. The maximum Gasteiger partial charge on any atom is 0.338 e. The number of carbonyl (C=O) groups excluding carboxylic acids is 1. The normalized spacial score (nSPS) is 15.3. The minimum atomic E-state index is -0.750. The van der Waals surface area contributed by atoms with Crippen LogP contribution < -0.4 is 19.6 Å². The summed E-state index contributed by atoms with van der Waals surface area (Å²) in [4.78, 5) is 32.5. The van der Waals surface area contributed by atoms with Gasteiger partial charge in [-0.05, 0) is 45.9 Å². The monoisotopic (exact) mass is 539 g/mol. The van der Waals surface area contributed by atoms with E-state index in [-0.39, 0.29) is 18.3 Å². The van der Waals surface area contributed by atoms with Crippen LogP contribution in [0, 0.1) is 12.3 Å². The van der Waals surface area contributed by atoms with Gasteiger partial charge in [0.1, 0.15) is 11.8 Å². The fourth-order valence-corrected chi connectivity index (χ4v) is 5.95. The van der Waals surface area contributed by atoms with Gasteiger partial charge < -0.3 is 14.0 Å². The van der Waals surface area contributed by atoms with Gasteiger partial charge in [-0.1, -0.05) is 53.7 Å². The number of fused-ring (bicyclic) bond motifs is 2. The lowest BCUT2D eigenvalue weighted by Crippen LogP contribution is -2.40. The molecule has 0 bridgehead atoms. The summed E-state index contributed by atoms with van der Waals surface area (Å²) in [5, 5.41) is 0.995. The van der Waals surface area contributed by atoms with Crippen molar-refractivity contribution in [1.82, 2.24) is 9.13 Å². The highest BCUT2D eigenvalue weighted by Crippen LogP contribution is 2.36. The van der Waals surface area contributed by atoms with Crippen LogP contribution in [0.3, 0.4) is 0 Å². The molecule has 0 aliphatic carbocycles. The molecule has 1 atom stereocenters. The van der Waals surface area contributed by atoms with E-state index in [0.717, 1.165) is 16.5 Å². The molecule has 1 aliphatic heterocycles. The number of carbonyl (C=O) groups is 1. The minimum absolute atomic E-state index is 0.0987. The maximum absolute atomic E-state index is 14.1. The molecule has 1 aliphatic rings. The van der Waals surface area contributed by atoms with E-state index >= 15 is 0 Å². The van der Waals surface area contributed by atoms with E-state index in [1.165, 1.54) is 11.3 Å². The van der Waals surface area contributed by atoms with Crippen molar-refractivity contribution in [3.05, 3.63) is 96.8 Å². The standard InChI is InChI=1S/C31H29N3O4S/c1-6-16-33-18-21(22-12-8-10-14-24(22)33)17-26-29(35)34-28(23-13-9-11-15-25(23)38-19(3)4)27(30(36)37-7-2)20(5)32-31(34)39-26/h1,8-15,17-19,28H,7,16H2,2-5H3/b26-17-/t28-/m1/s1. The average Bonchev–Trinajstić information content (AvgIpc) is 3.40. The van der Waals surface area contributed by atoms with Crippen molar-refractivity contribution < 1.29 is 14.3 Å². The van der Waals surface area contributed by atoms with Gasteiger partial charge >= 0.3 is 5.97 Å². The molecule has 39 heavy (non-hydrogen) atoms. The molecule has 2 aromatic carbocycles. The van der Waals surface area contributed by atoms with Gasteiger partial charge in [-0.2, -0.15) is 0 Å². The summed E-state index contributed by atoms with van der Waals surface area (Å²) in [6.07, 6.45) is 9.32. The molecular weight excluding hydrogens is 510 g/mol. The molecular formula is C31H29N3O4S. The molecule has 198 valence electrons. The first-order valence-electron chi connectivity index (χ1n) is 12.8. The van der Waals surface area contributed by atoms with E-state index in [0.29, 0.717) is 38.5 Å². The average molecular weight is 540 g/mol. The van der Waals surface area contributed by atoms with Crippen molar-refractivity contribution >= 4 is 34.3 Å². The zero-order valence-corrected chi connectivity index (χ0v) is 23.1. The summed E-state index contributed by atoms with van der Waals surface area (Å²) < 4.78 is 15.6. The van der Waals surface area contributed by atoms with Crippen molar-refractivity contribution in [1.29, 1.82) is 0 Å². The largest absolute Gasteiger partial charge is 0.491 e. The fourth-order valence-electron chi connectivity index (χ4n) is 4.91. The SMILES string of the molecule is C#CCn1cc(/C=c2\sc3n(c2=O)[C@H](c2ccccc2OC(C)C)C(C(=O)OCC)=C(C)N=3)c2ccccc21. The molecule has 0 amide bonds. The number of hydrogen-bond acceptors (Lipinski definition) is 6. The summed E-state index contributed by atoms with van der Waals surface area (Å²) in [6, 6.07) is 14.7. The number of hydrogen-bond donors (Lipinski definition) is 0. The van der Waals surface area contributed by atoms with Crippen molar-refractivity contribution in [2.45, 2.75) is 46.4 Å². The molecule has 7 nitrogen and oxygen atoms in total. The van der Waals surface area contributed by atoms with Crippen molar-refractivity contribution in [2.24, 2.45) is 4.99 Å². The maximum atomic E-state index is 14.1. The van der Waals surface area contributed by atoms with Gasteiger partial charge in [-0.25, -0.2) is 9.79 Å². The van der Waals surface area contributed by atoms with Crippen LogP contribution in [0.15, 0.2) is 75.8 Å². The van der Waals surface area contributed by atoms with E-state index in [2.05, 4.69) is 10.9 Å². The number of nitrogens with zero attached hydrogens (tertiary/aromatic N) is 3. The molecule has 5 rings (SSSR count). The lowest BCUT2D eigenvalue weighted by atomic mass is 9.95. The lowest BCUT2D eigenvalue weighted by Gasteiger charge is -2.26. The highest BCUT2D eigenvalue weighted by Gasteiger charge is 2.35. The van der Waals surface area contributed by atoms with Gasteiger partial charge in [-0.3, -0.25) is 9.36 Å². The van der Waals surface area contributed by atoms with Crippen LogP contribution in [0.1, 0.15) is 44.9 Å². The number of allylic oxidation sites excluding steroid dienone is 1. The smallest absolute Gasteiger partial charge is 0.338 e. The first kappa shape index (κ1) is 26.3. The van der Waals surface area contributed by atoms with Crippen LogP contribution in [0.25, 0.3) is 17.0 Å². The van der Waals surface area contributed by atoms with E-state index in [1.807, 2.05) is 79.2 Å². The Morgan fingerprint density at radius 3 is 2.69 bits per heavy atom. The van der Waals surface area contributed by atoms with Crippen molar-refractivity contribution in [3.8, 4) is 18.1 Å². The predicted molar refractivity (Wildman–Crippen MR) is 153 cm³/mol. The number of rotatable bonds is 7. The Morgan fingerprint density at radius 2 is 1.95 bits per heavy atom. The van der Waals surface area contributed by atoms with Gasteiger partial charge in [0.25, 0.3) is 5.56 Å². The molecule has 0 spiro atoms. The van der Waals surface area contributed by atoms with Crippen LogP contribution in [0.4, 0.5) is 0 Å². The number of benzene rings is 2. The van der Waals surface area contributed by atoms with Crippen molar-refractivity contribution in [2.75, 3.05) is 6.61 Å². The van der Waals surface area contributed by atoms with Gasteiger partial charge in [-0.15, -0.1) is 6.42 Å². The minimum Gasteiger partial charge on any atom is -0.491 e. The lowest BCUT2D eigenvalue weighted by molar-refractivity contribution is -0.139. The van der Waals surface area contributed by atoms with Crippen LogP contribution >= 0.6 is 11.3 Å². The first-order chi connectivity index (χ1) is 18.8. The summed E-state index contributed by atoms with van der Waals surface area (Å²) in [5.74, 6) is 2.78. The Kier molecular flexibility index (Phi) is 7.27. The summed E-state index contributed by atoms with van der Waals surface area (Å²) in [5.41, 5.74) is 3.16. The fraction of sp³-hybridized carbons (Fsp3) is 0.258. The molecule has 0 radical (unpaired) electrons. The highest BCUT2D eigenvalue weighted by molar-refractivity contribution is 7.07. The predicted octanol–water partition coefficient (Wildman–Crippen LogP) is 4.17.